The van der Waals surface area contributed by atoms with Gasteiger partial charge in [0.2, 0.25) is 0 Å². The highest BCUT2D eigenvalue weighted by Crippen LogP contribution is 2.48. The van der Waals surface area contributed by atoms with Crippen LogP contribution in [-0.4, -0.2) is 22.9 Å². The normalized spacial score (nSPS) is 19.7. The Hall–Kier alpha value is -0.940. The zero-order valence-electron chi connectivity index (χ0n) is 13.3. The number of thioether (sulfide) groups is 1. The maximum Gasteiger partial charge on any atom is 0.330 e. The average molecular weight is 356 g/mol. The predicted octanol–water partition coefficient (Wildman–Crippen LogP) is 3.84. The number of fused-ring (bicyclic) bond motifs is 1. The lowest BCUT2D eigenvalue weighted by Gasteiger charge is -2.16. The van der Waals surface area contributed by atoms with E-state index < -0.39 is 6.04 Å². The van der Waals surface area contributed by atoms with Gasteiger partial charge in [-0.3, -0.25) is 9.36 Å². The number of halogens is 1. The number of ether oxygens (including phenoxy) is 1. The van der Waals surface area contributed by atoms with Gasteiger partial charge in [-0.2, -0.15) is 0 Å². The van der Waals surface area contributed by atoms with Crippen molar-refractivity contribution < 1.29 is 9.53 Å². The van der Waals surface area contributed by atoms with E-state index in [-0.39, 0.29) is 11.5 Å². The Bertz CT molecular complexity index is 654. The maximum absolute atomic E-state index is 12.5. The number of aromatic nitrogens is 1. The van der Waals surface area contributed by atoms with E-state index in [0.717, 1.165) is 42.7 Å². The molecular formula is C17H22ClNO3S. The fraction of sp³-hybridized carbons (Fsp3) is 0.647. The Labute approximate surface area is 145 Å². The van der Waals surface area contributed by atoms with Crippen LogP contribution in [0.1, 0.15) is 62.1 Å². The molecule has 1 fully saturated rings. The fourth-order valence-electron chi connectivity index (χ4n) is 3.05. The van der Waals surface area contributed by atoms with E-state index >= 15 is 0 Å². The van der Waals surface area contributed by atoms with Crippen molar-refractivity contribution >= 4 is 29.3 Å². The van der Waals surface area contributed by atoms with Crippen LogP contribution in [0.15, 0.2) is 15.9 Å². The minimum atomic E-state index is -0.494. The second-order valence-corrected chi connectivity index (χ2v) is 7.48. The highest BCUT2D eigenvalue weighted by Gasteiger charge is 2.38. The molecule has 0 radical (unpaired) electrons. The molecule has 1 atom stereocenters. The zero-order chi connectivity index (χ0) is 16.4. The summed E-state index contributed by atoms with van der Waals surface area (Å²) in [5.74, 6) is 1.14. The lowest BCUT2D eigenvalue weighted by molar-refractivity contribution is -0.147. The van der Waals surface area contributed by atoms with Crippen LogP contribution in [0.25, 0.3) is 0 Å². The molecule has 1 aromatic rings. The Kier molecular flexibility index (Phi) is 5.37. The maximum atomic E-state index is 12.5. The lowest BCUT2D eigenvalue weighted by Crippen LogP contribution is -2.31. The summed E-state index contributed by atoms with van der Waals surface area (Å²) >= 11 is 7.62. The van der Waals surface area contributed by atoms with Crippen LogP contribution < -0.4 is 5.56 Å². The first-order valence-corrected chi connectivity index (χ1v) is 9.83. The molecule has 0 bridgehead atoms. The molecule has 6 heteroatoms. The van der Waals surface area contributed by atoms with Gasteiger partial charge in [-0.25, -0.2) is 4.79 Å². The number of hydrogen-bond acceptors (Lipinski definition) is 4. The van der Waals surface area contributed by atoms with Crippen molar-refractivity contribution in [1.82, 2.24) is 4.57 Å². The van der Waals surface area contributed by atoms with E-state index in [1.807, 2.05) is 0 Å². The number of unbranched alkanes of at least 4 members (excludes halogenated alkanes) is 2. The molecule has 0 N–H and O–H groups in total. The summed E-state index contributed by atoms with van der Waals surface area (Å²) < 4.78 is 7.01. The van der Waals surface area contributed by atoms with Crippen LogP contribution in [0.2, 0.25) is 0 Å². The molecule has 1 aromatic heterocycles. The van der Waals surface area contributed by atoms with Crippen molar-refractivity contribution in [2.45, 2.75) is 61.9 Å². The molecule has 23 heavy (non-hydrogen) atoms. The van der Waals surface area contributed by atoms with Gasteiger partial charge in [-0.15, -0.1) is 23.4 Å². The average Bonchev–Trinajstić information content (AvgIpc) is 3.28. The molecule has 0 amide bonds. The highest BCUT2D eigenvalue weighted by molar-refractivity contribution is 7.99. The smallest absolute Gasteiger partial charge is 0.330 e. The minimum absolute atomic E-state index is 0.138. The Morgan fingerprint density at radius 1 is 1.43 bits per heavy atom. The predicted molar refractivity (Wildman–Crippen MR) is 92.5 cm³/mol. The number of carbonyl (C=O) groups excluding carboxylic acids is 1. The van der Waals surface area contributed by atoms with Crippen LogP contribution in [0.3, 0.4) is 0 Å². The van der Waals surface area contributed by atoms with E-state index in [1.165, 1.54) is 5.56 Å². The van der Waals surface area contributed by atoms with Gasteiger partial charge in [0.05, 0.1) is 11.6 Å². The van der Waals surface area contributed by atoms with Crippen LogP contribution in [-0.2, 0) is 15.4 Å². The van der Waals surface area contributed by atoms with Crippen molar-refractivity contribution in [3.05, 3.63) is 27.5 Å². The first-order chi connectivity index (χ1) is 11.2. The number of rotatable bonds is 7. The molecule has 3 rings (SSSR count). The summed E-state index contributed by atoms with van der Waals surface area (Å²) in [7, 11) is 0. The number of pyridine rings is 1. The van der Waals surface area contributed by atoms with Crippen molar-refractivity contribution in [2.75, 3.05) is 12.4 Å². The molecule has 2 heterocycles. The van der Waals surface area contributed by atoms with E-state index in [4.69, 9.17) is 16.3 Å². The number of alkyl halides is 1. The Morgan fingerprint density at radius 2 is 2.22 bits per heavy atom. The van der Waals surface area contributed by atoms with Gasteiger partial charge in [-0.05, 0) is 36.3 Å². The molecule has 0 spiro atoms. The summed E-state index contributed by atoms with van der Waals surface area (Å²) in [6.45, 7) is 2.55. The molecule has 1 saturated carbocycles. The first-order valence-electron chi connectivity index (χ1n) is 8.31. The summed E-state index contributed by atoms with van der Waals surface area (Å²) in [6, 6.07) is 1.11. The summed E-state index contributed by atoms with van der Waals surface area (Å²) in [5.41, 5.74) is 1.97. The molecule has 4 nitrogen and oxygen atoms in total. The molecular weight excluding hydrogens is 334 g/mol. The molecule has 0 saturated heterocycles. The van der Waals surface area contributed by atoms with Gasteiger partial charge in [0, 0.05) is 17.7 Å². The van der Waals surface area contributed by atoms with Crippen molar-refractivity contribution in [2.24, 2.45) is 0 Å². The van der Waals surface area contributed by atoms with E-state index in [0.29, 0.717) is 24.2 Å². The molecule has 0 aromatic carbocycles. The van der Waals surface area contributed by atoms with Gasteiger partial charge in [0.25, 0.3) is 5.56 Å². The Balaban J connectivity index is 1.83. The quantitative estimate of drug-likeness (QED) is 0.423. The number of esters is 1. The first kappa shape index (κ1) is 16.9. The lowest BCUT2D eigenvalue weighted by atomic mass is 10.1. The number of hydrogen-bond donors (Lipinski definition) is 0. The van der Waals surface area contributed by atoms with E-state index in [9.17, 15) is 9.59 Å². The highest BCUT2D eigenvalue weighted by atomic mass is 35.5. The van der Waals surface area contributed by atoms with E-state index in [1.54, 1.807) is 22.4 Å². The van der Waals surface area contributed by atoms with E-state index in [2.05, 4.69) is 6.92 Å². The SMILES string of the molecule is CCCCCOC(=O)C1CSc2c(C3CC3)c(CCl)cc(=O)n21. The van der Waals surface area contributed by atoms with Crippen molar-refractivity contribution in [3.63, 3.8) is 0 Å². The zero-order valence-corrected chi connectivity index (χ0v) is 14.9. The fourth-order valence-corrected chi connectivity index (χ4v) is 4.68. The minimum Gasteiger partial charge on any atom is -0.464 e. The van der Waals surface area contributed by atoms with Crippen LogP contribution in [0.4, 0.5) is 0 Å². The molecule has 1 aliphatic carbocycles. The topological polar surface area (TPSA) is 48.3 Å². The second-order valence-electron chi connectivity index (χ2n) is 6.21. The van der Waals surface area contributed by atoms with Gasteiger partial charge in [-0.1, -0.05) is 19.8 Å². The van der Waals surface area contributed by atoms with Crippen LogP contribution in [0.5, 0.6) is 0 Å². The summed E-state index contributed by atoms with van der Waals surface area (Å²) in [6.07, 6.45) is 5.30. The number of nitrogens with zero attached hydrogens (tertiary/aromatic N) is 1. The Morgan fingerprint density at radius 3 is 2.87 bits per heavy atom. The van der Waals surface area contributed by atoms with Gasteiger partial charge in [0.15, 0.2) is 0 Å². The van der Waals surface area contributed by atoms with Crippen LogP contribution >= 0.6 is 23.4 Å². The van der Waals surface area contributed by atoms with Crippen molar-refractivity contribution in [1.29, 1.82) is 0 Å². The third kappa shape index (κ3) is 3.45. The summed E-state index contributed by atoms with van der Waals surface area (Å²) in [4.78, 5) is 24.8. The molecule has 126 valence electrons. The third-order valence-electron chi connectivity index (χ3n) is 4.41. The number of carbonyl (C=O) groups is 1. The van der Waals surface area contributed by atoms with Gasteiger partial charge >= 0.3 is 5.97 Å². The second kappa shape index (κ2) is 7.31. The van der Waals surface area contributed by atoms with Gasteiger partial charge < -0.3 is 4.74 Å². The molecule has 2 aliphatic rings. The van der Waals surface area contributed by atoms with Crippen molar-refractivity contribution in [3.8, 4) is 0 Å². The molecule has 1 aliphatic heterocycles. The standard InChI is InChI=1S/C17H22ClNO3S/c1-2-3-4-7-22-17(21)13-10-23-16-15(11-5-6-11)12(9-18)8-14(20)19(13)16/h8,11,13H,2-7,9-10H2,1H3. The third-order valence-corrected chi connectivity index (χ3v) is 5.87. The molecule has 1 unspecified atom stereocenters. The summed E-state index contributed by atoms with van der Waals surface area (Å²) in [5, 5.41) is 0.936. The monoisotopic (exact) mass is 355 g/mol. The van der Waals surface area contributed by atoms with Gasteiger partial charge in [0.1, 0.15) is 6.04 Å². The largest absolute Gasteiger partial charge is 0.464 e. The van der Waals surface area contributed by atoms with Crippen LogP contribution in [0, 0.1) is 0 Å².